The summed E-state index contributed by atoms with van der Waals surface area (Å²) in [6.07, 6.45) is 16.0. The Hall–Kier alpha value is -3.29. The predicted molar refractivity (Wildman–Crippen MR) is 166 cm³/mol. The molecular formula is C34H48N2O5. The zero-order valence-corrected chi connectivity index (χ0v) is 25.3. The highest BCUT2D eigenvalue weighted by Crippen LogP contribution is 2.33. The van der Waals surface area contributed by atoms with Crippen molar-refractivity contribution in [3.63, 3.8) is 0 Å². The Morgan fingerprint density at radius 3 is 2.39 bits per heavy atom. The number of benzene rings is 1. The molecule has 1 amide bonds. The molecule has 0 saturated carbocycles. The predicted octanol–water partition coefficient (Wildman–Crippen LogP) is 6.83. The lowest BCUT2D eigenvalue weighted by molar-refractivity contribution is 0.0137. The number of ether oxygens (including phenoxy) is 2. The van der Waals surface area contributed by atoms with Crippen molar-refractivity contribution in [2.45, 2.75) is 65.4 Å². The first-order chi connectivity index (χ1) is 19.7. The normalized spacial score (nSPS) is 17.4. The van der Waals surface area contributed by atoms with Crippen molar-refractivity contribution in [1.29, 1.82) is 0 Å². The van der Waals surface area contributed by atoms with Crippen LogP contribution in [0.15, 0.2) is 77.6 Å². The highest BCUT2D eigenvalue weighted by Gasteiger charge is 2.25. The number of hydrogen-bond donors (Lipinski definition) is 2. The Morgan fingerprint density at radius 2 is 1.78 bits per heavy atom. The lowest BCUT2D eigenvalue weighted by atomic mass is 9.87. The summed E-state index contributed by atoms with van der Waals surface area (Å²) in [5.41, 5.74) is 4.26. The molecule has 2 aliphatic rings. The summed E-state index contributed by atoms with van der Waals surface area (Å²) in [4.78, 5) is 16.4. The molecular weight excluding hydrogens is 516 g/mol. The standard InChI is InChI=1S/C34H48N2O5/c1-5-29(38)13-9-14-31(32(15-10-25-37)27-11-7-6-8-12-27)28-16-18-30(19-17-28)40-26-24-35-20-22-36(23-21-35)33(39)41-34(2,3)4/h5,7,9,11-13,16-19,37-38H,6,8,10,14-15,20-26H2,1-4H3/b13-9-,29-5+,32-31-. The Labute approximate surface area is 246 Å². The van der Waals surface area contributed by atoms with E-state index in [2.05, 4.69) is 35.3 Å². The van der Waals surface area contributed by atoms with Crippen molar-refractivity contribution < 1.29 is 24.5 Å². The fourth-order valence-electron chi connectivity index (χ4n) is 4.90. The molecule has 0 unspecified atom stereocenters. The van der Waals surface area contributed by atoms with Gasteiger partial charge in [-0.2, -0.15) is 0 Å². The van der Waals surface area contributed by atoms with Gasteiger partial charge in [-0.05, 0) is 106 Å². The van der Waals surface area contributed by atoms with Gasteiger partial charge in [0.1, 0.15) is 23.7 Å². The monoisotopic (exact) mass is 564 g/mol. The maximum atomic E-state index is 12.3. The van der Waals surface area contributed by atoms with Gasteiger partial charge in [0.25, 0.3) is 0 Å². The molecule has 1 aromatic carbocycles. The number of allylic oxidation sites excluding steroid dienone is 9. The molecule has 224 valence electrons. The van der Waals surface area contributed by atoms with Crippen molar-refractivity contribution >= 4 is 11.7 Å². The maximum absolute atomic E-state index is 12.3. The second kappa shape index (κ2) is 16.2. The van der Waals surface area contributed by atoms with Crippen molar-refractivity contribution in [3.8, 4) is 5.75 Å². The molecule has 0 spiro atoms. The van der Waals surface area contributed by atoms with Crippen LogP contribution in [0.5, 0.6) is 5.75 Å². The van der Waals surface area contributed by atoms with Crippen LogP contribution in [0.25, 0.3) is 5.57 Å². The Bertz CT molecular complexity index is 1130. The van der Waals surface area contributed by atoms with E-state index in [9.17, 15) is 15.0 Å². The topological polar surface area (TPSA) is 82.5 Å². The average Bonchev–Trinajstić information content (AvgIpc) is 2.96. The number of hydrogen-bond acceptors (Lipinski definition) is 6. The smallest absolute Gasteiger partial charge is 0.410 e. The first-order valence-electron chi connectivity index (χ1n) is 14.9. The van der Waals surface area contributed by atoms with E-state index < -0.39 is 5.60 Å². The quantitative estimate of drug-likeness (QED) is 0.214. The Kier molecular flexibility index (Phi) is 12.8. The number of carbonyl (C=O) groups is 1. The van der Waals surface area contributed by atoms with Gasteiger partial charge in [0.15, 0.2) is 0 Å². The fraction of sp³-hybridized carbons (Fsp3) is 0.500. The third kappa shape index (κ3) is 10.9. The van der Waals surface area contributed by atoms with Crippen molar-refractivity contribution in [2.24, 2.45) is 0 Å². The number of piperazine rings is 1. The molecule has 0 bridgehead atoms. The minimum Gasteiger partial charge on any atom is -0.508 e. The number of carbonyl (C=O) groups excluding carboxylic acids is 1. The highest BCUT2D eigenvalue weighted by atomic mass is 16.6. The molecule has 0 aromatic heterocycles. The molecule has 1 heterocycles. The van der Waals surface area contributed by atoms with Crippen LogP contribution in [-0.2, 0) is 4.74 Å². The number of nitrogens with zero attached hydrogens (tertiary/aromatic N) is 2. The van der Waals surface area contributed by atoms with Gasteiger partial charge in [0.05, 0.1) is 0 Å². The second-order valence-electron chi connectivity index (χ2n) is 11.4. The number of aliphatic hydroxyl groups excluding tert-OH is 2. The van der Waals surface area contributed by atoms with Crippen LogP contribution < -0.4 is 4.74 Å². The summed E-state index contributed by atoms with van der Waals surface area (Å²) in [6.45, 7) is 11.9. The van der Waals surface area contributed by atoms with Crippen molar-refractivity contribution in [3.05, 3.63) is 83.2 Å². The molecule has 1 aliphatic carbocycles. The first kappa shape index (κ1) is 32.2. The summed E-state index contributed by atoms with van der Waals surface area (Å²) in [7, 11) is 0. The molecule has 1 saturated heterocycles. The van der Waals surface area contributed by atoms with E-state index >= 15 is 0 Å². The number of aliphatic hydroxyl groups is 2. The van der Waals surface area contributed by atoms with Gasteiger partial charge in [-0.15, -0.1) is 0 Å². The van der Waals surface area contributed by atoms with Gasteiger partial charge in [0, 0.05) is 39.3 Å². The average molecular weight is 565 g/mol. The molecule has 0 radical (unpaired) electrons. The molecule has 2 N–H and O–H groups in total. The van der Waals surface area contributed by atoms with Gasteiger partial charge >= 0.3 is 6.09 Å². The van der Waals surface area contributed by atoms with E-state index in [1.54, 1.807) is 17.1 Å². The number of amides is 1. The third-order valence-corrected chi connectivity index (χ3v) is 7.10. The van der Waals surface area contributed by atoms with E-state index in [1.807, 2.05) is 45.9 Å². The van der Waals surface area contributed by atoms with E-state index in [1.165, 1.54) is 16.7 Å². The zero-order chi connectivity index (χ0) is 29.7. The minimum absolute atomic E-state index is 0.145. The second-order valence-corrected chi connectivity index (χ2v) is 11.4. The largest absolute Gasteiger partial charge is 0.508 e. The van der Waals surface area contributed by atoms with Crippen molar-refractivity contribution in [1.82, 2.24) is 9.80 Å². The van der Waals surface area contributed by atoms with Crippen LogP contribution in [-0.4, -0.2) is 77.6 Å². The molecule has 1 fully saturated rings. The third-order valence-electron chi connectivity index (χ3n) is 7.10. The molecule has 0 atom stereocenters. The van der Waals surface area contributed by atoms with Gasteiger partial charge < -0.3 is 24.6 Å². The first-order valence-corrected chi connectivity index (χ1v) is 14.9. The number of rotatable bonds is 12. The summed E-state index contributed by atoms with van der Waals surface area (Å²) in [5, 5.41) is 19.5. The summed E-state index contributed by atoms with van der Waals surface area (Å²) in [5.74, 6) is 1.06. The minimum atomic E-state index is -0.481. The Morgan fingerprint density at radius 1 is 1.05 bits per heavy atom. The summed E-state index contributed by atoms with van der Waals surface area (Å²) < 4.78 is 11.6. The molecule has 3 rings (SSSR count). The van der Waals surface area contributed by atoms with Crippen LogP contribution in [0.1, 0.15) is 65.4 Å². The van der Waals surface area contributed by atoms with Crippen molar-refractivity contribution in [2.75, 3.05) is 45.9 Å². The Balaban J connectivity index is 1.64. The van der Waals surface area contributed by atoms with Gasteiger partial charge in [-0.3, -0.25) is 4.90 Å². The van der Waals surface area contributed by atoms with E-state index in [-0.39, 0.29) is 18.5 Å². The van der Waals surface area contributed by atoms with Gasteiger partial charge in [0.2, 0.25) is 0 Å². The van der Waals surface area contributed by atoms with Crippen LogP contribution in [0.3, 0.4) is 0 Å². The van der Waals surface area contributed by atoms with E-state index in [0.717, 1.165) is 50.2 Å². The van der Waals surface area contributed by atoms with Gasteiger partial charge in [-0.1, -0.05) is 36.4 Å². The van der Waals surface area contributed by atoms with E-state index in [4.69, 9.17) is 9.47 Å². The van der Waals surface area contributed by atoms with Crippen LogP contribution in [0, 0.1) is 0 Å². The SMILES string of the molecule is C/C=C(O)\C=C/C/C(=C(\CCCO)C1=CCCC=C1)c1ccc(OCCN2CCN(C(=O)OC(C)(C)C)CC2)cc1. The van der Waals surface area contributed by atoms with Crippen LogP contribution >= 0.6 is 0 Å². The summed E-state index contributed by atoms with van der Waals surface area (Å²) in [6, 6.07) is 8.22. The van der Waals surface area contributed by atoms with Crippen LogP contribution in [0.4, 0.5) is 4.79 Å². The molecule has 7 heteroatoms. The lowest BCUT2D eigenvalue weighted by Gasteiger charge is -2.35. The highest BCUT2D eigenvalue weighted by molar-refractivity contribution is 5.75. The fourth-order valence-corrected chi connectivity index (χ4v) is 4.90. The maximum Gasteiger partial charge on any atom is 0.410 e. The molecule has 1 aromatic rings. The van der Waals surface area contributed by atoms with Gasteiger partial charge in [-0.25, -0.2) is 4.79 Å². The lowest BCUT2D eigenvalue weighted by Crippen LogP contribution is -2.50. The van der Waals surface area contributed by atoms with Crippen LogP contribution in [0.2, 0.25) is 0 Å². The molecule has 41 heavy (non-hydrogen) atoms. The van der Waals surface area contributed by atoms with E-state index in [0.29, 0.717) is 32.5 Å². The molecule has 1 aliphatic heterocycles. The zero-order valence-electron chi connectivity index (χ0n) is 25.3. The molecule has 7 nitrogen and oxygen atoms in total. The summed E-state index contributed by atoms with van der Waals surface area (Å²) >= 11 is 0.